The van der Waals surface area contributed by atoms with Crippen LogP contribution in [0.25, 0.3) is 10.9 Å². The Morgan fingerprint density at radius 3 is 2.59 bits per heavy atom. The lowest BCUT2D eigenvalue weighted by atomic mass is 10.2. The Morgan fingerprint density at radius 1 is 1.07 bits per heavy atom. The smallest absolute Gasteiger partial charge is 0.264 e. The number of hydrogen-bond donors (Lipinski definition) is 1. The van der Waals surface area contributed by atoms with Gasteiger partial charge < -0.3 is 0 Å². The molecule has 0 amide bonds. The van der Waals surface area contributed by atoms with Gasteiger partial charge in [-0.05, 0) is 59.6 Å². The number of hydrogen-bond acceptors (Lipinski definition) is 4. The van der Waals surface area contributed by atoms with E-state index in [-0.39, 0.29) is 4.90 Å². The largest absolute Gasteiger partial charge is 0.280 e. The normalized spacial score (nSPS) is 11.7. The summed E-state index contributed by atoms with van der Waals surface area (Å²) in [6, 6.07) is 16.1. The fourth-order valence-corrected chi connectivity index (χ4v) is 4.75. The standard InChI is InChI=1S/C21H19BrN4O2S/c1-14-20(22)15(2)26(24-14)13-16-6-3-9-18(12-16)25-29(27,28)19-10-4-7-17-8-5-11-23-21(17)19/h3-12,25H,13H2,1-2H3. The van der Waals surface area contributed by atoms with Gasteiger partial charge in [0.25, 0.3) is 10.0 Å². The third-order valence-corrected chi connectivity index (χ3v) is 7.25. The van der Waals surface area contributed by atoms with Crippen molar-refractivity contribution in [3.05, 3.63) is 82.2 Å². The number of para-hydroxylation sites is 1. The molecule has 0 fully saturated rings. The maximum atomic E-state index is 13.0. The van der Waals surface area contributed by atoms with Gasteiger partial charge in [0.2, 0.25) is 0 Å². The molecule has 8 heteroatoms. The third-order valence-electron chi connectivity index (χ3n) is 4.69. The van der Waals surface area contributed by atoms with Crippen molar-refractivity contribution < 1.29 is 8.42 Å². The number of halogens is 1. The van der Waals surface area contributed by atoms with Crippen LogP contribution in [0, 0.1) is 13.8 Å². The highest BCUT2D eigenvalue weighted by molar-refractivity contribution is 9.10. The molecule has 0 aliphatic heterocycles. The molecular formula is C21H19BrN4O2S. The Kier molecular flexibility index (Phi) is 5.14. The molecule has 4 aromatic rings. The van der Waals surface area contributed by atoms with Crippen LogP contribution in [0.4, 0.5) is 5.69 Å². The van der Waals surface area contributed by atoms with Crippen molar-refractivity contribution in [2.75, 3.05) is 4.72 Å². The van der Waals surface area contributed by atoms with Crippen LogP contribution in [0.1, 0.15) is 17.0 Å². The fourth-order valence-electron chi connectivity index (χ4n) is 3.24. The van der Waals surface area contributed by atoms with E-state index in [4.69, 9.17) is 0 Å². The van der Waals surface area contributed by atoms with E-state index in [1.807, 2.05) is 48.9 Å². The molecule has 0 radical (unpaired) electrons. The highest BCUT2D eigenvalue weighted by Crippen LogP contribution is 2.25. The van der Waals surface area contributed by atoms with Crippen molar-refractivity contribution in [2.24, 2.45) is 0 Å². The number of anilines is 1. The van der Waals surface area contributed by atoms with Gasteiger partial charge in [0.05, 0.1) is 27.9 Å². The van der Waals surface area contributed by atoms with Gasteiger partial charge in [0.1, 0.15) is 4.90 Å². The molecule has 2 aromatic heterocycles. The second-order valence-electron chi connectivity index (χ2n) is 6.78. The average molecular weight is 471 g/mol. The monoisotopic (exact) mass is 470 g/mol. The molecule has 1 N–H and O–H groups in total. The number of pyridine rings is 1. The lowest BCUT2D eigenvalue weighted by Gasteiger charge is -2.11. The van der Waals surface area contributed by atoms with Crippen molar-refractivity contribution in [1.82, 2.24) is 14.8 Å². The van der Waals surface area contributed by atoms with Crippen LogP contribution in [-0.2, 0) is 16.6 Å². The number of nitrogens with zero attached hydrogens (tertiary/aromatic N) is 3. The summed E-state index contributed by atoms with van der Waals surface area (Å²) in [5.74, 6) is 0. The van der Waals surface area contributed by atoms with E-state index in [0.717, 1.165) is 26.8 Å². The summed E-state index contributed by atoms with van der Waals surface area (Å²) in [5, 5.41) is 5.29. The second kappa shape index (κ2) is 7.61. The van der Waals surface area contributed by atoms with Crippen LogP contribution >= 0.6 is 15.9 Å². The van der Waals surface area contributed by atoms with E-state index >= 15 is 0 Å². The van der Waals surface area contributed by atoms with Gasteiger partial charge in [-0.3, -0.25) is 14.4 Å². The molecule has 0 spiro atoms. The lowest BCUT2D eigenvalue weighted by molar-refractivity contribution is 0.602. The number of aromatic nitrogens is 3. The summed E-state index contributed by atoms with van der Waals surface area (Å²) in [5.41, 5.74) is 3.83. The molecule has 2 heterocycles. The molecule has 4 rings (SSSR count). The van der Waals surface area contributed by atoms with E-state index in [2.05, 4.69) is 30.7 Å². The Bertz CT molecular complexity index is 1310. The number of benzene rings is 2. The maximum Gasteiger partial charge on any atom is 0.264 e. The predicted octanol–water partition coefficient (Wildman–Crippen LogP) is 4.66. The van der Waals surface area contributed by atoms with E-state index < -0.39 is 10.0 Å². The Labute approximate surface area is 177 Å². The Hall–Kier alpha value is -2.71. The molecule has 0 unspecified atom stereocenters. The molecule has 2 aromatic carbocycles. The van der Waals surface area contributed by atoms with Crippen molar-refractivity contribution in [3.63, 3.8) is 0 Å². The topological polar surface area (TPSA) is 76.9 Å². The molecule has 0 atom stereocenters. The minimum atomic E-state index is -3.78. The zero-order chi connectivity index (χ0) is 20.6. The third kappa shape index (κ3) is 3.90. The molecule has 6 nitrogen and oxygen atoms in total. The van der Waals surface area contributed by atoms with E-state index in [1.54, 1.807) is 30.5 Å². The van der Waals surface area contributed by atoms with Crippen molar-refractivity contribution in [3.8, 4) is 0 Å². The number of fused-ring (bicyclic) bond motifs is 1. The SMILES string of the molecule is Cc1nn(Cc2cccc(NS(=O)(=O)c3cccc4cccnc34)c2)c(C)c1Br. The quantitative estimate of drug-likeness (QED) is 0.460. The Morgan fingerprint density at radius 2 is 1.83 bits per heavy atom. The summed E-state index contributed by atoms with van der Waals surface area (Å²) in [7, 11) is -3.78. The molecule has 0 bridgehead atoms. The summed E-state index contributed by atoms with van der Waals surface area (Å²) in [4.78, 5) is 4.40. The zero-order valence-electron chi connectivity index (χ0n) is 15.9. The highest BCUT2D eigenvalue weighted by Gasteiger charge is 2.18. The van der Waals surface area contributed by atoms with Crippen LogP contribution in [-0.4, -0.2) is 23.2 Å². The van der Waals surface area contributed by atoms with Crippen LogP contribution in [0.2, 0.25) is 0 Å². The summed E-state index contributed by atoms with van der Waals surface area (Å²) in [6.45, 7) is 4.48. The molecule has 148 valence electrons. The maximum absolute atomic E-state index is 13.0. The molecule has 0 aliphatic carbocycles. The van der Waals surface area contributed by atoms with Gasteiger partial charge in [-0.25, -0.2) is 8.42 Å². The zero-order valence-corrected chi connectivity index (χ0v) is 18.3. The van der Waals surface area contributed by atoms with Gasteiger partial charge in [0.15, 0.2) is 0 Å². The first-order valence-corrected chi connectivity index (χ1v) is 11.3. The summed E-state index contributed by atoms with van der Waals surface area (Å²) >= 11 is 3.53. The van der Waals surface area contributed by atoms with Gasteiger partial charge in [-0.15, -0.1) is 0 Å². The molecule has 0 saturated carbocycles. The van der Waals surface area contributed by atoms with Crippen LogP contribution in [0.15, 0.2) is 70.2 Å². The number of aryl methyl sites for hydroxylation is 1. The van der Waals surface area contributed by atoms with Crippen molar-refractivity contribution in [1.29, 1.82) is 0 Å². The number of rotatable bonds is 5. The first kappa shape index (κ1) is 19.6. The molecule has 0 saturated heterocycles. The van der Waals surface area contributed by atoms with Crippen LogP contribution in [0.3, 0.4) is 0 Å². The van der Waals surface area contributed by atoms with Gasteiger partial charge in [-0.1, -0.05) is 30.3 Å². The first-order chi connectivity index (χ1) is 13.8. The van der Waals surface area contributed by atoms with Gasteiger partial charge in [-0.2, -0.15) is 5.10 Å². The number of nitrogens with one attached hydrogen (secondary N) is 1. The van der Waals surface area contributed by atoms with E-state index in [0.29, 0.717) is 17.7 Å². The minimum absolute atomic E-state index is 0.156. The number of sulfonamides is 1. The molecule has 29 heavy (non-hydrogen) atoms. The van der Waals surface area contributed by atoms with Gasteiger partial charge >= 0.3 is 0 Å². The van der Waals surface area contributed by atoms with Crippen LogP contribution in [0.5, 0.6) is 0 Å². The van der Waals surface area contributed by atoms with Crippen molar-refractivity contribution >= 4 is 42.5 Å². The highest BCUT2D eigenvalue weighted by atomic mass is 79.9. The second-order valence-corrected chi connectivity index (χ2v) is 9.22. The fraction of sp³-hybridized carbons (Fsp3) is 0.143. The van der Waals surface area contributed by atoms with Crippen LogP contribution < -0.4 is 4.72 Å². The summed E-state index contributed by atoms with van der Waals surface area (Å²) < 4.78 is 31.6. The van der Waals surface area contributed by atoms with Gasteiger partial charge in [0, 0.05) is 17.3 Å². The minimum Gasteiger partial charge on any atom is -0.280 e. The van der Waals surface area contributed by atoms with Crippen molar-refractivity contribution in [2.45, 2.75) is 25.3 Å². The first-order valence-electron chi connectivity index (χ1n) is 9.00. The van der Waals surface area contributed by atoms with E-state index in [9.17, 15) is 8.42 Å². The lowest BCUT2D eigenvalue weighted by Crippen LogP contribution is -2.14. The summed E-state index contributed by atoms with van der Waals surface area (Å²) in [6.07, 6.45) is 1.59. The predicted molar refractivity (Wildman–Crippen MR) is 117 cm³/mol. The Balaban J connectivity index is 1.64. The average Bonchev–Trinajstić information content (AvgIpc) is 2.94. The van der Waals surface area contributed by atoms with E-state index in [1.165, 1.54) is 0 Å². The molecular weight excluding hydrogens is 452 g/mol. The molecule has 0 aliphatic rings.